The second kappa shape index (κ2) is 5.01. The summed E-state index contributed by atoms with van der Waals surface area (Å²) in [6.07, 6.45) is 3.19. The van der Waals surface area contributed by atoms with Crippen LogP contribution in [0.5, 0.6) is 5.75 Å². The normalized spacial score (nSPS) is 14.6. The monoisotopic (exact) mass is 219 g/mol. The van der Waals surface area contributed by atoms with Crippen molar-refractivity contribution < 1.29 is 9.53 Å². The first-order valence-corrected chi connectivity index (χ1v) is 5.83. The Kier molecular flexibility index (Phi) is 3.44. The van der Waals surface area contributed by atoms with E-state index < -0.39 is 0 Å². The van der Waals surface area contributed by atoms with Gasteiger partial charge >= 0.3 is 0 Å². The number of hydrogen-bond donors (Lipinski definition) is 1. The van der Waals surface area contributed by atoms with Gasteiger partial charge in [-0.15, -0.1) is 0 Å². The lowest BCUT2D eigenvalue weighted by Gasteiger charge is -2.07. The molecule has 0 atom stereocenters. The molecule has 3 heteroatoms. The largest absolute Gasteiger partial charge is 0.494 e. The third-order valence-electron chi connectivity index (χ3n) is 2.48. The summed E-state index contributed by atoms with van der Waals surface area (Å²) in [5.41, 5.74) is 0.681. The van der Waals surface area contributed by atoms with E-state index in [1.54, 1.807) is 6.07 Å². The van der Waals surface area contributed by atoms with E-state index in [1.807, 2.05) is 18.2 Å². The third-order valence-corrected chi connectivity index (χ3v) is 2.48. The number of hydrogen-bond acceptors (Lipinski definition) is 2. The Balaban J connectivity index is 1.99. The minimum Gasteiger partial charge on any atom is -0.494 e. The molecular weight excluding hydrogens is 202 g/mol. The van der Waals surface area contributed by atoms with Gasteiger partial charge in [0.2, 0.25) is 0 Å². The molecule has 86 valence electrons. The van der Waals surface area contributed by atoms with Crippen molar-refractivity contribution in [1.29, 1.82) is 0 Å². The summed E-state index contributed by atoms with van der Waals surface area (Å²) < 4.78 is 5.49. The summed E-state index contributed by atoms with van der Waals surface area (Å²) in [5.74, 6) is 0.773. The van der Waals surface area contributed by atoms with Gasteiger partial charge in [-0.3, -0.25) is 4.79 Å². The van der Waals surface area contributed by atoms with Crippen LogP contribution < -0.4 is 10.1 Å². The van der Waals surface area contributed by atoms with Gasteiger partial charge in [0.1, 0.15) is 5.75 Å². The maximum atomic E-state index is 11.8. The summed E-state index contributed by atoms with van der Waals surface area (Å²) in [7, 11) is 0. The molecule has 1 N–H and O–H groups in total. The molecule has 0 aliphatic heterocycles. The highest BCUT2D eigenvalue weighted by Gasteiger charge is 2.23. The van der Waals surface area contributed by atoms with Crippen molar-refractivity contribution in [2.45, 2.75) is 32.2 Å². The Morgan fingerprint density at radius 3 is 3.00 bits per heavy atom. The van der Waals surface area contributed by atoms with Crippen molar-refractivity contribution in [3.05, 3.63) is 29.8 Å². The summed E-state index contributed by atoms with van der Waals surface area (Å²) in [4.78, 5) is 11.8. The van der Waals surface area contributed by atoms with E-state index in [2.05, 4.69) is 12.2 Å². The van der Waals surface area contributed by atoms with Crippen LogP contribution in [-0.2, 0) is 0 Å². The Morgan fingerprint density at radius 1 is 1.50 bits per heavy atom. The molecule has 0 radical (unpaired) electrons. The zero-order chi connectivity index (χ0) is 11.4. The van der Waals surface area contributed by atoms with Crippen LogP contribution in [0.2, 0.25) is 0 Å². The van der Waals surface area contributed by atoms with E-state index >= 15 is 0 Å². The highest BCUT2D eigenvalue weighted by molar-refractivity contribution is 5.94. The SMILES string of the molecule is CCCOc1cccc(C(=O)NC2CC2)c1. The van der Waals surface area contributed by atoms with Crippen LogP contribution in [0.4, 0.5) is 0 Å². The Bertz CT molecular complexity index is 372. The van der Waals surface area contributed by atoms with E-state index in [-0.39, 0.29) is 5.91 Å². The molecule has 1 aliphatic rings. The van der Waals surface area contributed by atoms with Crippen molar-refractivity contribution >= 4 is 5.91 Å². The van der Waals surface area contributed by atoms with Gasteiger partial charge < -0.3 is 10.1 Å². The first-order valence-electron chi connectivity index (χ1n) is 5.83. The van der Waals surface area contributed by atoms with Gasteiger partial charge in [-0.1, -0.05) is 13.0 Å². The van der Waals surface area contributed by atoms with Gasteiger partial charge in [0.05, 0.1) is 6.61 Å². The number of nitrogens with one attached hydrogen (secondary N) is 1. The second-order valence-corrected chi connectivity index (χ2v) is 4.12. The number of rotatable bonds is 5. The molecule has 3 nitrogen and oxygen atoms in total. The molecular formula is C13H17NO2. The maximum Gasteiger partial charge on any atom is 0.251 e. The minimum absolute atomic E-state index is 0.00412. The van der Waals surface area contributed by atoms with Crippen LogP contribution in [-0.4, -0.2) is 18.6 Å². The summed E-state index contributed by atoms with van der Waals surface area (Å²) in [6, 6.07) is 7.74. The quantitative estimate of drug-likeness (QED) is 0.825. The van der Waals surface area contributed by atoms with E-state index in [4.69, 9.17) is 4.74 Å². The van der Waals surface area contributed by atoms with Crippen molar-refractivity contribution in [2.75, 3.05) is 6.61 Å². The number of ether oxygens (including phenoxy) is 1. The molecule has 1 amide bonds. The summed E-state index contributed by atoms with van der Waals surface area (Å²) in [5, 5.41) is 2.96. The highest BCUT2D eigenvalue weighted by atomic mass is 16.5. The fourth-order valence-electron chi connectivity index (χ4n) is 1.44. The predicted octanol–water partition coefficient (Wildman–Crippen LogP) is 2.37. The zero-order valence-electron chi connectivity index (χ0n) is 9.53. The summed E-state index contributed by atoms with van der Waals surface area (Å²) in [6.45, 7) is 2.75. The fourth-order valence-corrected chi connectivity index (χ4v) is 1.44. The predicted molar refractivity (Wildman–Crippen MR) is 62.7 cm³/mol. The molecule has 0 aromatic heterocycles. The van der Waals surface area contributed by atoms with Gasteiger partial charge in [-0.25, -0.2) is 0 Å². The van der Waals surface area contributed by atoms with Crippen molar-refractivity contribution in [2.24, 2.45) is 0 Å². The molecule has 1 aromatic rings. The average Bonchev–Trinajstić information content (AvgIpc) is 3.10. The molecule has 0 spiro atoms. The zero-order valence-corrected chi connectivity index (χ0v) is 9.53. The molecule has 0 saturated heterocycles. The van der Waals surface area contributed by atoms with Gasteiger partial charge in [-0.2, -0.15) is 0 Å². The van der Waals surface area contributed by atoms with Crippen molar-refractivity contribution in [1.82, 2.24) is 5.32 Å². The molecule has 1 fully saturated rings. The molecule has 0 bridgehead atoms. The number of amides is 1. The van der Waals surface area contributed by atoms with Crippen LogP contribution in [0.15, 0.2) is 24.3 Å². The lowest BCUT2D eigenvalue weighted by atomic mass is 10.2. The Hall–Kier alpha value is -1.51. The Morgan fingerprint density at radius 2 is 2.31 bits per heavy atom. The molecule has 0 unspecified atom stereocenters. The maximum absolute atomic E-state index is 11.8. The molecule has 1 aromatic carbocycles. The van der Waals surface area contributed by atoms with Crippen LogP contribution >= 0.6 is 0 Å². The standard InChI is InChI=1S/C13H17NO2/c1-2-8-16-12-5-3-4-10(9-12)13(15)14-11-6-7-11/h3-5,9,11H,2,6-8H2,1H3,(H,14,15). The second-order valence-electron chi connectivity index (χ2n) is 4.12. The van der Waals surface area contributed by atoms with E-state index in [1.165, 1.54) is 0 Å². The molecule has 2 rings (SSSR count). The molecule has 0 heterocycles. The molecule has 16 heavy (non-hydrogen) atoms. The van der Waals surface area contributed by atoms with Crippen molar-refractivity contribution in [3.8, 4) is 5.75 Å². The topological polar surface area (TPSA) is 38.3 Å². The fraction of sp³-hybridized carbons (Fsp3) is 0.462. The smallest absolute Gasteiger partial charge is 0.251 e. The van der Waals surface area contributed by atoms with Gasteiger partial charge in [-0.05, 0) is 37.5 Å². The summed E-state index contributed by atoms with van der Waals surface area (Å²) >= 11 is 0. The van der Waals surface area contributed by atoms with Crippen molar-refractivity contribution in [3.63, 3.8) is 0 Å². The third kappa shape index (κ3) is 2.99. The highest BCUT2D eigenvalue weighted by Crippen LogP contribution is 2.20. The van der Waals surface area contributed by atoms with E-state index in [9.17, 15) is 4.79 Å². The lowest BCUT2D eigenvalue weighted by molar-refractivity contribution is 0.0950. The van der Waals surface area contributed by atoms with Gasteiger partial charge in [0.15, 0.2) is 0 Å². The lowest BCUT2D eigenvalue weighted by Crippen LogP contribution is -2.25. The molecule has 1 aliphatic carbocycles. The van der Waals surface area contributed by atoms with Gasteiger partial charge in [0.25, 0.3) is 5.91 Å². The van der Waals surface area contributed by atoms with Crippen LogP contribution in [0.25, 0.3) is 0 Å². The number of carbonyl (C=O) groups is 1. The van der Waals surface area contributed by atoms with Crippen LogP contribution in [0.1, 0.15) is 36.5 Å². The van der Waals surface area contributed by atoms with Gasteiger partial charge in [0, 0.05) is 11.6 Å². The number of benzene rings is 1. The van der Waals surface area contributed by atoms with E-state index in [0.29, 0.717) is 18.2 Å². The number of carbonyl (C=O) groups excluding carboxylic acids is 1. The van der Waals surface area contributed by atoms with E-state index in [0.717, 1.165) is 25.0 Å². The first kappa shape index (κ1) is 11.0. The Labute approximate surface area is 95.8 Å². The van der Waals surface area contributed by atoms with Crippen LogP contribution in [0, 0.1) is 0 Å². The first-order chi connectivity index (χ1) is 7.79. The molecule has 1 saturated carbocycles. The van der Waals surface area contributed by atoms with Crippen LogP contribution in [0.3, 0.4) is 0 Å². The average molecular weight is 219 g/mol. The minimum atomic E-state index is 0.00412.